The molecule has 3 nitrogen and oxygen atoms in total. The summed E-state index contributed by atoms with van der Waals surface area (Å²) in [6.07, 6.45) is 2.47. The summed E-state index contributed by atoms with van der Waals surface area (Å²) in [6, 6.07) is 19.0. The maximum atomic E-state index is 13.3. The van der Waals surface area contributed by atoms with Crippen LogP contribution in [0.3, 0.4) is 0 Å². The molecular formula is C22H28O3S. The second-order valence-electron chi connectivity index (χ2n) is 7.81. The summed E-state index contributed by atoms with van der Waals surface area (Å²) in [5, 5.41) is 10.9. The van der Waals surface area contributed by atoms with Crippen LogP contribution in [0.25, 0.3) is 6.08 Å². The van der Waals surface area contributed by atoms with Crippen molar-refractivity contribution < 1.29 is 13.5 Å². The van der Waals surface area contributed by atoms with Gasteiger partial charge < -0.3 is 5.11 Å². The summed E-state index contributed by atoms with van der Waals surface area (Å²) >= 11 is 0. The van der Waals surface area contributed by atoms with Crippen LogP contribution in [0.2, 0.25) is 0 Å². The number of hydrogen-bond acceptors (Lipinski definition) is 3. The number of rotatable bonds is 6. The molecule has 0 aliphatic carbocycles. The normalized spacial score (nSPS) is 16.3. The minimum Gasteiger partial charge on any atom is -0.387 e. The molecule has 0 heterocycles. The van der Waals surface area contributed by atoms with Gasteiger partial charge in [-0.3, -0.25) is 0 Å². The number of aliphatic hydroxyl groups excluding tert-OH is 1. The molecular weight excluding hydrogens is 344 g/mol. The predicted molar refractivity (Wildman–Crippen MR) is 109 cm³/mol. The molecule has 0 saturated heterocycles. The Hall–Kier alpha value is -1.91. The van der Waals surface area contributed by atoms with Crippen LogP contribution in [0, 0.1) is 0 Å². The number of sulfone groups is 1. The first-order valence-corrected chi connectivity index (χ1v) is 10.3. The lowest BCUT2D eigenvalue weighted by Gasteiger charge is -2.38. The van der Waals surface area contributed by atoms with Gasteiger partial charge in [-0.05, 0) is 45.2 Å². The Kier molecular flexibility index (Phi) is 6.09. The second-order valence-corrected chi connectivity index (χ2v) is 11.0. The van der Waals surface area contributed by atoms with Crippen LogP contribution in [0.4, 0.5) is 0 Å². The van der Waals surface area contributed by atoms with Gasteiger partial charge in [0.25, 0.3) is 0 Å². The summed E-state index contributed by atoms with van der Waals surface area (Å²) in [4.78, 5) is 0. The van der Waals surface area contributed by atoms with E-state index in [9.17, 15) is 13.5 Å². The molecule has 0 aromatic heterocycles. The molecule has 2 atom stereocenters. The van der Waals surface area contributed by atoms with E-state index in [1.54, 1.807) is 39.8 Å². The second kappa shape index (κ2) is 7.77. The number of hydrogen-bond donors (Lipinski definition) is 1. The summed E-state index contributed by atoms with van der Waals surface area (Å²) in [7, 11) is -3.64. The van der Waals surface area contributed by atoms with Crippen molar-refractivity contribution in [3.05, 3.63) is 77.9 Å². The first-order valence-electron chi connectivity index (χ1n) is 8.77. The van der Waals surface area contributed by atoms with Crippen LogP contribution in [0.1, 0.15) is 38.8 Å². The average Bonchev–Trinajstić information content (AvgIpc) is 2.60. The highest BCUT2D eigenvalue weighted by Gasteiger charge is 2.50. The molecule has 0 aliphatic heterocycles. The molecule has 1 N–H and O–H groups in total. The molecule has 0 spiro atoms. The fraction of sp³-hybridized carbons (Fsp3) is 0.364. The van der Waals surface area contributed by atoms with Gasteiger partial charge in [0.15, 0.2) is 9.84 Å². The Morgan fingerprint density at radius 2 is 1.42 bits per heavy atom. The van der Waals surface area contributed by atoms with E-state index in [0.29, 0.717) is 0 Å². The van der Waals surface area contributed by atoms with Crippen molar-refractivity contribution in [2.24, 2.45) is 0 Å². The van der Waals surface area contributed by atoms with Crippen LogP contribution < -0.4 is 0 Å². The Labute approximate surface area is 157 Å². The van der Waals surface area contributed by atoms with E-state index in [-0.39, 0.29) is 6.42 Å². The van der Waals surface area contributed by atoms with E-state index >= 15 is 0 Å². The highest BCUT2D eigenvalue weighted by atomic mass is 32.2. The van der Waals surface area contributed by atoms with Crippen LogP contribution in [-0.4, -0.2) is 29.1 Å². The zero-order valence-electron chi connectivity index (χ0n) is 15.9. The van der Waals surface area contributed by atoms with Gasteiger partial charge in [0, 0.05) is 0 Å². The number of aliphatic hydroxyl groups is 1. The first kappa shape index (κ1) is 20.4. The molecule has 0 bridgehead atoms. The molecule has 2 aromatic carbocycles. The lowest BCUT2D eigenvalue weighted by atomic mass is 9.94. The maximum Gasteiger partial charge on any atom is 0.163 e. The van der Waals surface area contributed by atoms with Gasteiger partial charge in [-0.25, -0.2) is 8.42 Å². The molecule has 0 unspecified atom stereocenters. The van der Waals surface area contributed by atoms with Gasteiger partial charge in [-0.1, -0.05) is 72.8 Å². The Morgan fingerprint density at radius 3 is 1.92 bits per heavy atom. The van der Waals surface area contributed by atoms with Gasteiger partial charge in [0.1, 0.15) is 4.75 Å². The monoisotopic (exact) mass is 372 g/mol. The quantitative estimate of drug-likeness (QED) is 0.824. The minimum absolute atomic E-state index is 0.244. The van der Waals surface area contributed by atoms with Crippen molar-refractivity contribution in [2.45, 2.75) is 49.7 Å². The van der Waals surface area contributed by atoms with Crippen molar-refractivity contribution >= 4 is 15.9 Å². The van der Waals surface area contributed by atoms with Crippen molar-refractivity contribution in [1.29, 1.82) is 0 Å². The molecule has 2 aromatic rings. The number of benzene rings is 2. The van der Waals surface area contributed by atoms with Crippen molar-refractivity contribution in [3.63, 3.8) is 0 Å². The lowest BCUT2D eigenvalue weighted by Crippen LogP contribution is -2.54. The molecule has 4 heteroatoms. The SMILES string of the molecule is CC(C)(C)S(=O)(=O)[C@@](C)(Cc1ccccc1)[C@@H](O)/C=C/c1ccccc1. The highest BCUT2D eigenvalue weighted by Crippen LogP contribution is 2.35. The first-order chi connectivity index (χ1) is 12.1. The molecule has 0 amide bonds. The smallest absolute Gasteiger partial charge is 0.163 e. The highest BCUT2D eigenvalue weighted by molar-refractivity contribution is 7.94. The fourth-order valence-corrected chi connectivity index (χ4v) is 5.18. The summed E-state index contributed by atoms with van der Waals surface area (Å²) < 4.78 is 24.4. The Bertz CT molecular complexity index is 834. The molecule has 0 fully saturated rings. The van der Waals surface area contributed by atoms with Crippen LogP contribution in [0.15, 0.2) is 66.7 Å². The van der Waals surface area contributed by atoms with Crippen molar-refractivity contribution in [3.8, 4) is 0 Å². The standard InChI is InChI=1S/C22H28O3S/c1-21(2,3)26(24,25)22(4,17-19-13-9-6-10-14-19)20(23)16-15-18-11-7-5-8-12-18/h5-16,20,23H,17H2,1-4H3/b16-15+/t20-,22-/m0/s1. The fourth-order valence-electron chi connectivity index (χ4n) is 3.03. The third-order valence-electron chi connectivity index (χ3n) is 4.71. The zero-order valence-corrected chi connectivity index (χ0v) is 16.7. The molecule has 2 rings (SSSR count). The van der Waals surface area contributed by atoms with Crippen LogP contribution in [0.5, 0.6) is 0 Å². The van der Waals surface area contributed by atoms with E-state index in [4.69, 9.17) is 0 Å². The molecule has 26 heavy (non-hydrogen) atoms. The average molecular weight is 373 g/mol. The van der Waals surface area contributed by atoms with Gasteiger partial charge in [-0.15, -0.1) is 0 Å². The predicted octanol–water partition coefficient (Wildman–Crippen LogP) is 4.28. The topological polar surface area (TPSA) is 54.4 Å². The maximum absolute atomic E-state index is 13.3. The van der Waals surface area contributed by atoms with Crippen molar-refractivity contribution in [1.82, 2.24) is 0 Å². The summed E-state index contributed by atoms with van der Waals surface area (Å²) in [5.74, 6) is 0. The van der Waals surface area contributed by atoms with E-state index in [1.807, 2.05) is 60.7 Å². The van der Waals surface area contributed by atoms with E-state index in [2.05, 4.69) is 0 Å². The van der Waals surface area contributed by atoms with E-state index in [0.717, 1.165) is 11.1 Å². The minimum atomic E-state index is -3.64. The Morgan fingerprint density at radius 1 is 0.923 bits per heavy atom. The van der Waals surface area contributed by atoms with Gasteiger partial charge in [0.2, 0.25) is 0 Å². The van der Waals surface area contributed by atoms with Gasteiger partial charge >= 0.3 is 0 Å². The molecule has 140 valence electrons. The van der Waals surface area contributed by atoms with Gasteiger partial charge in [0.05, 0.1) is 10.9 Å². The largest absolute Gasteiger partial charge is 0.387 e. The van der Waals surface area contributed by atoms with Crippen molar-refractivity contribution in [2.75, 3.05) is 0 Å². The summed E-state index contributed by atoms with van der Waals surface area (Å²) in [6.45, 7) is 6.68. The zero-order chi connectivity index (χ0) is 19.4. The molecule has 0 aliphatic rings. The van der Waals surface area contributed by atoms with Crippen LogP contribution >= 0.6 is 0 Å². The summed E-state index contributed by atoms with van der Waals surface area (Å²) in [5.41, 5.74) is 1.80. The van der Waals surface area contributed by atoms with Crippen LogP contribution in [-0.2, 0) is 16.3 Å². The van der Waals surface area contributed by atoms with E-state index < -0.39 is 25.4 Å². The van der Waals surface area contributed by atoms with Gasteiger partial charge in [-0.2, -0.15) is 0 Å². The van der Waals surface area contributed by atoms with E-state index in [1.165, 1.54) is 0 Å². The molecule has 0 radical (unpaired) electrons. The lowest BCUT2D eigenvalue weighted by molar-refractivity contribution is 0.174. The third-order valence-corrected chi connectivity index (χ3v) is 7.94. The third kappa shape index (κ3) is 4.25. The Balaban J connectivity index is 2.44. The molecule has 0 saturated carbocycles.